The van der Waals surface area contributed by atoms with E-state index in [2.05, 4.69) is 10.0 Å². The van der Waals surface area contributed by atoms with Gasteiger partial charge in [0.05, 0.1) is 23.2 Å². The minimum Gasteiger partial charge on any atom is -0.598 e. The molecule has 1 aliphatic rings. The Bertz CT molecular complexity index is 888. The molecule has 0 aliphatic carbocycles. The van der Waals surface area contributed by atoms with Crippen LogP contribution in [0.15, 0.2) is 36.4 Å². The second-order valence-electron chi connectivity index (χ2n) is 7.50. The van der Waals surface area contributed by atoms with Gasteiger partial charge >= 0.3 is 0 Å². The fourth-order valence-electron chi connectivity index (χ4n) is 2.80. The maximum atomic E-state index is 13.3. The minimum atomic E-state index is -1.25. The summed E-state index contributed by atoms with van der Waals surface area (Å²) in [6.07, 6.45) is 0.646. The molecule has 0 saturated heterocycles. The molecular formula is C20H22ClFN2O3S. The highest BCUT2D eigenvalue weighted by Gasteiger charge is 2.33. The molecule has 150 valence electrons. The minimum absolute atomic E-state index is 0.0712. The molecule has 0 aromatic heterocycles. The van der Waals surface area contributed by atoms with E-state index < -0.39 is 27.8 Å². The van der Waals surface area contributed by atoms with Crippen LogP contribution in [-0.4, -0.2) is 21.8 Å². The zero-order valence-corrected chi connectivity index (χ0v) is 17.4. The predicted molar refractivity (Wildman–Crippen MR) is 110 cm³/mol. The van der Waals surface area contributed by atoms with E-state index in [0.29, 0.717) is 30.0 Å². The number of carbonyl (C=O) groups excluding carboxylic acids is 1. The Labute approximate surface area is 171 Å². The molecule has 0 bridgehead atoms. The molecule has 0 radical (unpaired) electrons. The summed E-state index contributed by atoms with van der Waals surface area (Å²) in [4.78, 5) is 12.8. The van der Waals surface area contributed by atoms with E-state index in [0.717, 1.165) is 5.56 Å². The van der Waals surface area contributed by atoms with E-state index in [9.17, 15) is 13.7 Å². The van der Waals surface area contributed by atoms with Crippen molar-refractivity contribution in [2.75, 3.05) is 11.9 Å². The van der Waals surface area contributed by atoms with Crippen LogP contribution >= 0.6 is 11.6 Å². The largest absolute Gasteiger partial charge is 0.598 e. The Balaban J connectivity index is 1.85. The van der Waals surface area contributed by atoms with Crippen LogP contribution in [0.25, 0.3) is 0 Å². The number of anilines is 1. The molecule has 1 unspecified atom stereocenters. The number of amides is 1. The lowest BCUT2D eigenvalue weighted by atomic mass is 9.98. The lowest BCUT2D eigenvalue weighted by Crippen LogP contribution is -2.42. The summed E-state index contributed by atoms with van der Waals surface area (Å²) in [6.45, 7) is 6.09. The third kappa shape index (κ3) is 4.60. The van der Waals surface area contributed by atoms with Crippen LogP contribution in [0.4, 0.5) is 10.1 Å². The summed E-state index contributed by atoms with van der Waals surface area (Å²) in [5.74, 6) is -0.485. The van der Waals surface area contributed by atoms with Gasteiger partial charge in [-0.05, 0) is 45.0 Å². The Morgan fingerprint density at radius 2 is 2.07 bits per heavy atom. The Morgan fingerprint density at radius 1 is 1.32 bits per heavy atom. The Morgan fingerprint density at radius 3 is 2.75 bits per heavy atom. The number of para-hydroxylation sites is 1. The van der Waals surface area contributed by atoms with Gasteiger partial charge in [0.2, 0.25) is 0 Å². The van der Waals surface area contributed by atoms with Crippen LogP contribution in [-0.2, 0) is 11.4 Å². The summed E-state index contributed by atoms with van der Waals surface area (Å²) in [7, 11) is 0. The highest BCUT2D eigenvalue weighted by atomic mass is 35.5. The molecule has 0 spiro atoms. The van der Waals surface area contributed by atoms with Gasteiger partial charge in [-0.3, -0.25) is 4.79 Å². The first kappa shape index (κ1) is 20.9. The molecule has 28 heavy (non-hydrogen) atoms. The van der Waals surface area contributed by atoms with Gasteiger partial charge in [-0.2, -0.15) is 0 Å². The summed E-state index contributed by atoms with van der Waals surface area (Å²) < 4.78 is 34.3. The topological polar surface area (TPSA) is 73.4 Å². The number of nitrogens with one attached hydrogen (secondary N) is 2. The highest BCUT2D eigenvalue weighted by Crippen LogP contribution is 2.36. The first-order chi connectivity index (χ1) is 13.2. The van der Waals surface area contributed by atoms with Crippen molar-refractivity contribution in [3.8, 4) is 5.75 Å². The van der Waals surface area contributed by atoms with Crippen molar-refractivity contribution in [1.82, 2.24) is 4.72 Å². The molecule has 8 heteroatoms. The van der Waals surface area contributed by atoms with Gasteiger partial charge in [-0.25, -0.2) is 4.39 Å². The number of hydrogen-bond acceptors (Lipinski definition) is 4. The molecule has 2 atom stereocenters. The predicted octanol–water partition coefficient (Wildman–Crippen LogP) is 4.61. The molecule has 5 nitrogen and oxygen atoms in total. The zero-order chi connectivity index (χ0) is 20.5. The van der Waals surface area contributed by atoms with Crippen LogP contribution in [0.5, 0.6) is 5.75 Å². The quantitative estimate of drug-likeness (QED) is 0.703. The lowest BCUT2D eigenvalue weighted by Gasteiger charge is -2.31. The molecule has 2 N–H and O–H groups in total. The van der Waals surface area contributed by atoms with Crippen molar-refractivity contribution < 1.29 is 18.5 Å². The third-order valence-electron chi connectivity index (χ3n) is 4.30. The number of benzene rings is 2. The second kappa shape index (κ2) is 8.29. The van der Waals surface area contributed by atoms with E-state index in [-0.39, 0.29) is 11.1 Å². The van der Waals surface area contributed by atoms with Crippen molar-refractivity contribution in [2.24, 2.45) is 0 Å². The lowest BCUT2D eigenvalue weighted by molar-refractivity contribution is 0.102. The van der Waals surface area contributed by atoms with Gasteiger partial charge in [0.25, 0.3) is 5.91 Å². The highest BCUT2D eigenvalue weighted by molar-refractivity contribution is 7.90. The van der Waals surface area contributed by atoms with E-state index in [4.69, 9.17) is 16.3 Å². The second-order valence-corrected chi connectivity index (χ2v) is 9.90. The summed E-state index contributed by atoms with van der Waals surface area (Å²) >= 11 is 4.52. The normalized spacial score (nSPS) is 17.4. The number of fused-ring (bicyclic) bond motifs is 1. The smallest absolute Gasteiger partial charge is 0.259 e. The van der Waals surface area contributed by atoms with Crippen molar-refractivity contribution in [3.63, 3.8) is 0 Å². The van der Waals surface area contributed by atoms with Gasteiger partial charge in [0, 0.05) is 29.0 Å². The zero-order valence-electron chi connectivity index (χ0n) is 15.8. The van der Waals surface area contributed by atoms with Gasteiger partial charge in [0.1, 0.15) is 16.3 Å². The Hall–Kier alpha value is -1.80. The summed E-state index contributed by atoms with van der Waals surface area (Å²) in [5.41, 5.74) is 1.52. The van der Waals surface area contributed by atoms with Crippen LogP contribution in [0.2, 0.25) is 5.02 Å². The fourth-order valence-corrected chi connectivity index (χ4v) is 3.84. The molecule has 1 amide bonds. The molecule has 3 rings (SSSR count). The third-order valence-corrected chi connectivity index (χ3v) is 6.20. The van der Waals surface area contributed by atoms with E-state index in [1.165, 1.54) is 18.2 Å². The maximum absolute atomic E-state index is 13.3. The SMILES string of the molecule is CC(C)(C)[S@+]([O-])NC1CCOc2c(C(=O)Nc3ccc(F)c(Cl)c3)cccc21. The number of carbonyl (C=O) groups is 1. The standard InChI is InChI=1S/C20H22ClFN2O3S/c1-20(2,3)28(26)24-17-9-10-27-18-13(17)5-4-6-14(18)19(25)23-12-7-8-16(22)15(21)11-12/h4-8,11,17,24H,9-10H2,1-3H3,(H,23,25)/t17?,28-/m0/s1. The van der Waals surface area contributed by atoms with Gasteiger partial charge in [0.15, 0.2) is 0 Å². The van der Waals surface area contributed by atoms with Crippen LogP contribution < -0.4 is 14.8 Å². The van der Waals surface area contributed by atoms with Crippen LogP contribution in [0.1, 0.15) is 49.2 Å². The molecular weight excluding hydrogens is 403 g/mol. The first-order valence-corrected chi connectivity index (χ1v) is 10.4. The monoisotopic (exact) mass is 424 g/mol. The average molecular weight is 425 g/mol. The van der Waals surface area contributed by atoms with Crippen LogP contribution in [0, 0.1) is 5.82 Å². The number of halogens is 2. The van der Waals surface area contributed by atoms with Gasteiger partial charge in [-0.1, -0.05) is 23.7 Å². The number of ether oxygens (including phenoxy) is 1. The van der Waals surface area contributed by atoms with E-state index >= 15 is 0 Å². The van der Waals surface area contributed by atoms with Gasteiger partial charge < -0.3 is 14.6 Å². The average Bonchev–Trinajstić information content (AvgIpc) is 2.63. The van der Waals surface area contributed by atoms with Crippen molar-refractivity contribution in [1.29, 1.82) is 0 Å². The van der Waals surface area contributed by atoms with Crippen molar-refractivity contribution >= 4 is 34.6 Å². The summed E-state index contributed by atoms with van der Waals surface area (Å²) in [6, 6.07) is 9.07. The molecule has 2 aromatic carbocycles. The van der Waals surface area contributed by atoms with Gasteiger partial charge in [-0.15, -0.1) is 4.72 Å². The molecule has 1 heterocycles. The van der Waals surface area contributed by atoms with Crippen LogP contribution in [0.3, 0.4) is 0 Å². The van der Waals surface area contributed by atoms with Crippen molar-refractivity contribution in [3.05, 3.63) is 58.4 Å². The molecule has 0 fully saturated rings. The summed E-state index contributed by atoms with van der Waals surface area (Å²) in [5, 5.41) is 2.63. The number of hydrogen-bond donors (Lipinski definition) is 2. The molecule has 2 aromatic rings. The maximum Gasteiger partial charge on any atom is 0.259 e. The Kier molecular flexibility index (Phi) is 6.19. The fraction of sp³-hybridized carbons (Fsp3) is 0.350. The first-order valence-electron chi connectivity index (χ1n) is 8.87. The van der Waals surface area contributed by atoms with E-state index in [1.807, 2.05) is 26.8 Å². The molecule has 1 aliphatic heterocycles. The van der Waals surface area contributed by atoms with E-state index in [1.54, 1.807) is 12.1 Å². The molecule has 0 saturated carbocycles. The van der Waals surface area contributed by atoms with Crippen molar-refractivity contribution in [2.45, 2.75) is 38.0 Å². The number of rotatable bonds is 4.